The number of nitrogens with one attached hydrogen (secondary N) is 3. The minimum Gasteiger partial charge on any atom is -0.469 e. The van der Waals surface area contributed by atoms with Crippen LogP contribution in [0.3, 0.4) is 0 Å². The molecular formula is C32H39N5O5. The van der Waals surface area contributed by atoms with Gasteiger partial charge in [0.15, 0.2) is 5.82 Å². The second-order valence-corrected chi connectivity index (χ2v) is 10.8. The summed E-state index contributed by atoms with van der Waals surface area (Å²) in [7, 11) is 1.40. The number of hydrogen-bond donors (Lipinski definition) is 3. The van der Waals surface area contributed by atoms with Gasteiger partial charge in [-0.1, -0.05) is 18.2 Å². The van der Waals surface area contributed by atoms with Crippen molar-refractivity contribution in [1.82, 2.24) is 20.1 Å². The van der Waals surface area contributed by atoms with Gasteiger partial charge in [-0.15, -0.1) is 0 Å². The van der Waals surface area contributed by atoms with Gasteiger partial charge >= 0.3 is 11.9 Å². The van der Waals surface area contributed by atoms with E-state index in [0.29, 0.717) is 36.5 Å². The van der Waals surface area contributed by atoms with Crippen molar-refractivity contribution in [3.63, 3.8) is 0 Å². The van der Waals surface area contributed by atoms with Gasteiger partial charge in [-0.25, -0.2) is 9.89 Å². The lowest BCUT2D eigenvalue weighted by Crippen LogP contribution is -2.41. The summed E-state index contributed by atoms with van der Waals surface area (Å²) in [6.07, 6.45) is 0.733. The molecule has 2 aromatic heterocycles. The molecule has 10 heteroatoms. The maximum atomic E-state index is 12.9. The van der Waals surface area contributed by atoms with Gasteiger partial charge < -0.3 is 24.7 Å². The van der Waals surface area contributed by atoms with E-state index in [2.05, 4.69) is 31.5 Å². The molecule has 0 spiro atoms. The molecule has 0 radical (unpaired) electrons. The number of aryl methyl sites for hydroxylation is 1. The van der Waals surface area contributed by atoms with Gasteiger partial charge in [-0.3, -0.25) is 9.59 Å². The highest BCUT2D eigenvalue weighted by molar-refractivity contribution is 5.91. The van der Waals surface area contributed by atoms with Crippen LogP contribution in [0.5, 0.6) is 0 Å². The van der Waals surface area contributed by atoms with Gasteiger partial charge in [-0.05, 0) is 89.5 Å². The van der Waals surface area contributed by atoms with Crippen molar-refractivity contribution in [2.24, 2.45) is 5.41 Å². The van der Waals surface area contributed by atoms with E-state index in [1.54, 1.807) is 25.1 Å². The zero-order valence-corrected chi connectivity index (χ0v) is 25.0. The van der Waals surface area contributed by atoms with Gasteiger partial charge in [0.2, 0.25) is 0 Å². The Hall–Kier alpha value is -4.44. The Balaban J connectivity index is 1.53. The predicted molar refractivity (Wildman–Crippen MR) is 163 cm³/mol. The van der Waals surface area contributed by atoms with Crippen LogP contribution in [0.15, 0.2) is 59.4 Å². The van der Waals surface area contributed by atoms with E-state index in [1.165, 1.54) is 7.11 Å². The third-order valence-corrected chi connectivity index (χ3v) is 7.54. The van der Waals surface area contributed by atoms with Gasteiger partial charge in [0, 0.05) is 35.0 Å². The molecule has 2 aromatic carbocycles. The Kier molecular flexibility index (Phi) is 9.47. The molecule has 0 saturated carbocycles. The lowest BCUT2D eigenvalue weighted by molar-refractivity contribution is -0.152. The van der Waals surface area contributed by atoms with Crippen molar-refractivity contribution < 1.29 is 19.1 Å². The summed E-state index contributed by atoms with van der Waals surface area (Å²) in [5.74, 6) is -0.0476. The fourth-order valence-corrected chi connectivity index (χ4v) is 5.36. The second-order valence-electron chi connectivity index (χ2n) is 10.8. The Morgan fingerprint density at radius 2 is 1.74 bits per heavy atom. The van der Waals surface area contributed by atoms with Gasteiger partial charge in [-0.2, -0.15) is 5.10 Å². The summed E-state index contributed by atoms with van der Waals surface area (Å²) in [6.45, 7) is 11.1. The minimum absolute atomic E-state index is 0.224. The third-order valence-electron chi connectivity index (χ3n) is 7.54. The van der Waals surface area contributed by atoms with E-state index >= 15 is 0 Å². The lowest BCUT2D eigenvalue weighted by atomic mass is 9.80. The molecule has 0 aliphatic carbocycles. The van der Waals surface area contributed by atoms with E-state index in [0.717, 1.165) is 34.4 Å². The van der Waals surface area contributed by atoms with E-state index in [1.807, 2.05) is 58.0 Å². The number of H-pyrrole nitrogens is 1. The highest BCUT2D eigenvalue weighted by atomic mass is 16.5. The Labute approximate surface area is 245 Å². The van der Waals surface area contributed by atoms with Crippen LogP contribution in [-0.2, 0) is 14.3 Å². The van der Waals surface area contributed by atoms with Crippen LogP contribution in [0, 0.1) is 19.3 Å². The van der Waals surface area contributed by atoms with Gasteiger partial charge in [0.25, 0.3) is 5.56 Å². The second kappa shape index (κ2) is 13.0. The number of nitrogens with zero attached hydrogens (tertiary/aromatic N) is 2. The third kappa shape index (κ3) is 6.23. The molecule has 0 bridgehead atoms. The van der Waals surface area contributed by atoms with E-state index in [9.17, 15) is 14.4 Å². The molecular weight excluding hydrogens is 534 g/mol. The fourth-order valence-electron chi connectivity index (χ4n) is 5.36. The first-order chi connectivity index (χ1) is 20.1. The van der Waals surface area contributed by atoms with Crippen LogP contribution >= 0.6 is 0 Å². The number of carbonyl (C=O) groups excluding carboxylic acids is 2. The fraction of sp³-hybridized carbons (Fsp3) is 0.375. The van der Waals surface area contributed by atoms with Gasteiger partial charge in [0.1, 0.15) is 0 Å². The molecule has 1 atom stereocenters. The number of anilines is 1. The molecule has 10 nitrogen and oxygen atoms in total. The van der Waals surface area contributed by atoms with Crippen molar-refractivity contribution in [3.05, 3.63) is 87.5 Å². The summed E-state index contributed by atoms with van der Waals surface area (Å²) in [4.78, 5) is 37.1. The molecule has 2 heterocycles. The first kappa shape index (κ1) is 30.5. The molecule has 0 fully saturated rings. The van der Waals surface area contributed by atoms with Crippen LogP contribution in [0.1, 0.15) is 60.5 Å². The molecule has 42 heavy (non-hydrogen) atoms. The highest BCUT2D eigenvalue weighted by Gasteiger charge is 2.40. The molecule has 0 aliphatic rings. The van der Waals surface area contributed by atoms with Crippen molar-refractivity contribution in [1.29, 1.82) is 0 Å². The molecule has 4 aromatic rings. The number of carbonyl (C=O) groups is 2. The van der Waals surface area contributed by atoms with Crippen molar-refractivity contribution >= 4 is 28.5 Å². The van der Waals surface area contributed by atoms with Crippen LogP contribution in [-0.4, -0.2) is 53.5 Å². The topological polar surface area (TPSA) is 127 Å². The number of esters is 2. The molecule has 4 rings (SSSR count). The van der Waals surface area contributed by atoms with Crippen molar-refractivity contribution in [3.8, 4) is 5.69 Å². The average molecular weight is 574 g/mol. The molecule has 0 aliphatic heterocycles. The first-order valence-corrected chi connectivity index (χ1v) is 14.1. The maximum absolute atomic E-state index is 12.9. The predicted octanol–water partition coefficient (Wildman–Crippen LogP) is 4.84. The van der Waals surface area contributed by atoms with Crippen molar-refractivity contribution in [2.75, 3.05) is 32.1 Å². The summed E-state index contributed by atoms with van der Waals surface area (Å²) in [5.41, 5.74) is 3.27. The molecule has 222 valence electrons. The van der Waals surface area contributed by atoms with Crippen LogP contribution in [0.2, 0.25) is 0 Å². The number of aromatic amines is 1. The summed E-state index contributed by atoms with van der Waals surface area (Å²) >= 11 is 0. The highest BCUT2D eigenvalue weighted by Crippen LogP contribution is 2.38. The standard InChI is InChI=1S/C32H39N5O5/c1-7-42-30(39)22-13-15-23(16-14-22)37-20(2)19-26(21(37)3)27(32(4,5)31(40)41-6)33-17-10-18-34-28-24-11-8-9-12-25(24)29(38)36-35-28/h8-9,11-16,19,27,33H,7,10,17-18H2,1-6H3,(H,34,35)(H,36,38). The number of fused-ring (bicyclic) bond motifs is 1. The molecule has 0 saturated heterocycles. The molecule has 3 N–H and O–H groups in total. The molecule has 1 unspecified atom stereocenters. The Morgan fingerprint density at radius 1 is 1.05 bits per heavy atom. The zero-order valence-electron chi connectivity index (χ0n) is 25.0. The SMILES string of the molecule is CCOC(=O)c1ccc(-n2c(C)cc(C(NCCCNc3n[nH]c(=O)c4ccccc34)C(C)(C)C(=O)OC)c2C)cc1. The lowest BCUT2D eigenvalue weighted by Gasteiger charge is -2.33. The van der Waals surface area contributed by atoms with E-state index in [4.69, 9.17) is 9.47 Å². The summed E-state index contributed by atoms with van der Waals surface area (Å²) in [5, 5.41) is 15.0. The van der Waals surface area contributed by atoms with E-state index < -0.39 is 5.41 Å². The van der Waals surface area contributed by atoms with Crippen molar-refractivity contribution in [2.45, 2.75) is 47.1 Å². The van der Waals surface area contributed by atoms with E-state index in [-0.39, 0.29) is 23.5 Å². The normalized spacial score (nSPS) is 12.2. The smallest absolute Gasteiger partial charge is 0.338 e. The summed E-state index contributed by atoms with van der Waals surface area (Å²) in [6, 6.07) is 16.4. The van der Waals surface area contributed by atoms with Crippen LogP contribution in [0.4, 0.5) is 5.82 Å². The molecule has 0 amide bonds. The number of aromatic nitrogens is 3. The Bertz CT molecular complexity index is 1620. The summed E-state index contributed by atoms with van der Waals surface area (Å²) < 4.78 is 12.4. The number of rotatable bonds is 12. The maximum Gasteiger partial charge on any atom is 0.338 e. The minimum atomic E-state index is -0.865. The average Bonchev–Trinajstić information content (AvgIpc) is 3.28. The number of benzene rings is 2. The van der Waals surface area contributed by atoms with Crippen LogP contribution in [0.25, 0.3) is 16.5 Å². The monoisotopic (exact) mass is 573 g/mol. The zero-order chi connectivity index (χ0) is 30.4. The van der Waals surface area contributed by atoms with Gasteiger partial charge in [0.05, 0.1) is 30.1 Å². The van der Waals surface area contributed by atoms with Crippen LogP contribution < -0.4 is 16.2 Å². The first-order valence-electron chi connectivity index (χ1n) is 14.1. The largest absolute Gasteiger partial charge is 0.469 e. The number of ether oxygens (including phenoxy) is 2. The quantitative estimate of drug-likeness (QED) is 0.162. The number of methoxy groups -OCH3 is 1. The Morgan fingerprint density at radius 3 is 2.40 bits per heavy atom. The number of hydrogen-bond acceptors (Lipinski definition) is 8.